The Morgan fingerprint density at radius 2 is 1.84 bits per heavy atom. The zero-order valence-corrected chi connectivity index (χ0v) is 19.5. The van der Waals surface area contributed by atoms with Crippen molar-refractivity contribution in [1.29, 1.82) is 0 Å². The predicted octanol–water partition coefficient (Wildman–Crippen LogP) is 4.88. The maximum Gasteiger partial charge on any atom is 0.263 e. The molecule has 2 aromatic rings. The van der Waals surface area contributed by atoms with Crippen molar-refractivity contribution in [3.63, 3.8) is 0 Å². The van der Waals surface area contributed by atoms with Gasteiger partial charge in [-0.1, -0.05) is 48.6 Å². The molecule has 0 radical (unpaired) electrons. The van der Waals surface area contributed by atoms with Gasteiger partial charge < -0.3 is 9.80 Å². The molecule has 2 heterocycles. The van der Waals surface area contributed by atoms with Crippen molar-refractivity contribution in [3.05, 3.63) is 70.4 Å². The number of benzene rings is 1. The fourth-order valence-electron chi connectivity index (χ4n) is 6.00. The number of carbonyl (C=O) groups excluding carboxylic acids is 2. The van der Waals surface area contributed by atoms with E-state index in [2.05, 4.69) is 41.3 Å². The normalized spacial score (nSPS) is 25.8. The first-order valence-electron chi connectivity index (χ1n) is 11.9. The van der Waals surface area contributed by atoms with Crippen molar-refractivity contribution in [2.24, 2.45) is 23.7 Å². The third-order valence-corrected chi connectivity index (χ3v) is 8.69. The molecule has 2 amide bonds. The second-order valence-corrected chi connectivity index (χ2v) is 10.6. The smallest absolute Gasteiger partial charge is 0.263 e. The van der Waals surface area contributed by atoms with Crippen LogP contribution in [0.3, 0.4) is 0 Å². The van der Waals surface area contributed by atoms with Crippen molar-refractivity contribution in [2.45, 2.75) is 38.1 Å². The highest BCUT2D eigenvalue weighted by molar-refractivity contribution is 7.12. The first kappa shape index (κ1) is 21.4. The van der Waals surface area contributed by atoms with E-state index in [9.17, 15) is 9.59 Å². The van der Waals surface area contributed by atoms with Gasteiger partial charge in [-0.05, 0) is 66.9 Å². The Hall–Kier alpha value is -2.40. The number of thiophene rings is 1. The molecule has 0 spiro atoms. The van der Waals surface area contributed by atoms with Crippen molar-refractivity contribution in [1.82, 2.24) is 9.80 Å². The number of hydrogen-bond donors (Lipinski definition) is 0. The summed E-state index contributed by atoms with van der Waals surface area (Å²) in [6, 6.07) is 14.5. The summed E-state index contributed by atoms with van der Waals surface area (Å²) >= 11 is 1.50. The molecule has 2 bridgehead atoms. The summed E-state index contributed by atoms with van der Waals surface area (Å²) in [5.74, 6) is 2.15. The Morgan fingerprint density at radius 3 is 2.47 bits per heavy atom. The second-order valence-electron chi connectivity index (χ2n) is 9.70. The lowest BCUT2D eigenvalue weighted by atomic mass is 9.84. The van der Waals surface area contributed by atoms with Crippen molar-refractivity contribution in [3.8, 4) is 0 Å². The first-order valence-corrected chi connectivity index (χ1v) is 12.8. The van der Waals surface area contributed by atoms with Crippen LogP contribution >= 0.6 is 11.3 Å². The van der Waals surface area contributed by atoms with Crippen LogP contribution in [0.4, 0.5) is 0 Å². The summed E-state index contributed by atoms with van der Waals surface area (Å²) < 4.78 is 0. The number of piperidine rings is 1. The molecule has 1 aliphatic heterocycles. The minimum Gasteiger partial charge on any atom is -0.342 e. The van der Waals surface area contributed by atoms with E-state index in [1.807, 2.05) is 35.5 Å². The van der Waals surface area contributed by atoms with Gasteiger partial charge in [-0.25, -0.2) is 0 Å². The molecule has 2 aliphatic carbocycles. The molecule has 0 N–H and O–H groups in total. The number of carbonyl (C=O) groups is 2. The molecular weight excluding hydrogens is 416 g/mol. The number of rotatable bonds is 6. The number of allylic oxidation sites excluding steroid dienone is 2. The Kier molecular flexibility index (Phi) is 6.18. The number of hydrogen-bond acceptors (Lipinski definition) is 3. The van der Waals surface area contributed by atoms with Crippen molar-refractivity contribution < 1.29 is 9.59 Å². The lowest BCUT2D eigenvalue weighted by Gasteiger charge is -2.41. The second kappa shape index (κ2) is 9.22. The van der Waals surface area contributed by atoms with Gasteiger partial charge in [0.1, 0.15) is 0 Å². The van der Waals surface area contributed by atoms with Crippen LogP contribution in [-0.2, 0) is 11.2 Å². The summed E-state index contributed by atoms with van der Waals surface area (Å²) in [6.45, 7) is 1.63. The monoisotopic (exact) mass is 448 g/mol. The van der Waals surface area contributed by atoms with Crippen LogP contribution in [0.2, 0.25) is 0 Å². The van der Waals surface area contributed by atoms with Crippen molar-refractivity contribution >= 4 is 23.2 Å². The molecule has 5 rings (SSSR count). The lowest BCUT2D eigenvalue weighted by Crippen LogP contribution is -2.49. The van der Waals surface area contributed by atoms with Crippen molar-refractivity contribution in [2.75, 3.05) is 20.1 Å². The molecule has 5 heteroatoms. The van der Waals surface area contributed by atoms with Gasteiger partial charge in [-0.3, -0.25) is 9.59 Å². The number of likely N-dealkylation sites (tertiary alicyclic amines) is 1. The quantitative estimate of drug-likeness (QED) is 0.591. The van der Waals surface area contributed by atoms with Gasteiger partial charge in [0.2, 0.25) is 5.91 Å². The molecule has 2 fully saturated rings. The summed E-state index contributed by atoms with van der Waals surface area (Å²) in [5, 5.41) is 1.96. The molecule has 32 heavy (non-hydrogen) atoms. The van der Waals surface area contributed by atoms with Gasteiger partial charge in [0.25, 0.3) is 5.91 Å². The Balaban J connectivity index is 1.27. The van der Waals surface area contributed by atoms with Crippen LogP contribution in [0.1, 0.15) is 40.9 Å². The van der Waals surface area contributed by atoms with Gasteiger partial charge in [0.15, 0.2) is 0 Å². The maximum absolute atomic E-state index is 13.2. The van der Waals surface area contributed by atoms with Crippen LogP contribution in [0.5, 0.6) is 0 Å². The fraction of sp³-hybridized carbons (Fsp3) is 0.481. The summed E-state index contributed by atoms with van der Waals surface area (Å²) in [6.07, 6.45) is 9.55. The Labute approximate surface area is 194 Å². The molecule has 1 saturated heterocycles. The third-order valence-electron chi connectivity index (χ3n) is 7.83. The highest BCUT2D eigenvalue weighted by atomic mass is 32.1. The van der Waals surface area contributed by atoms with E-state index < -0.39 is 0 Å². The summed E-state index contributed by atoms with van der Waals surface area (Å²) in [4.78, 5) is 31.2. The highest BCUT2D eigenvalue weighted by Gasteiger charge is 2.42. The molecule has 1 saturated carbocycles. The van der Waals surface area contributed by atoms with E-state index >= 15 is 0 Å². The molecule has 1 aromatic carbocycles. The van der Waals surface area contributed by atoms with Crippen LogP contribution in [0, 0.1) is 23.7 Å². The zero-order valence-electron chi connectivity index (χ0n) is 18.7. The minimum atomic E-state index is 0.105. The summed E-state index contributed by atoms with van der Waals surface area (Å²) in [5.41, 5.74) is 1.26. The van der Waals surface area contributed by atoms with E-state index in [-0.39, 0.29) is 17.9 Å². The fourth-order valence-corrected chi connectivity index (χ4v) is 6.71. The van der Waals surface area contributed by atoms with E-state index in [1.54, 1.807) is 0 Å². The largest absolute Gasteiger partial charge is 0.342 e. The molecule has 1 unspecified atom stereocenters. The predicted molar refractivity (Wildman–Crippen MR) is 128 cm³/mol. The van der Waals surface area contributed by atoms with Crippen LogP contribution in [0.25, 0.3) is 0 Å². The minimum absolute atomic E-state index is 0.105. The third kappa shape index (κ3) is 4.27. The van der Waals surface area contributed by atoms with E-state index in [0.29, 0.717) is 23.7 Å². The lowest BCUT2D eigenvalue weighted by molar-refractivity contribution is -0.138. The van der Waals surface area contributed by atoms with Gasteiger partial charge in [-0.15, -0.1) is 11.3 Å². The van der Waals surface area contributed by atoms with Gasteiger partial charge in [0.05, 0.1) is 4.88 Å². The number of amides is 2. The molecule has 4 nitrogen and oxygen atoms in total. The van der Waals surface area contributed by atoms with E-state index in [4.69, 9.17) is 0 Å². The van der Waals surface area contributed by atoms with Crippen LogP contribution in [-0.4, -0.2) is 47.8 Å². The average molecular weight is 449 g/mol. The summed E-state index contributed by atoms with van der Waals surface area (Å²) in [7, 11) is 1.95. The van der Waals surface area contributed by atoms with Gasteiger partial charge >= 0.3 is 0 Å². The standard InChI is InChI=1S/C27H32N2O2S/c1-28(27(31)25-8-5-15-32-25)24(18-19-6-3-2-4-7-19)21-11-13-29(14-12-21)26(30)23-17-20-9-10-22(23)16-20/h2-10,15,20-24H,11-14,16-18H2,1H3/t20-,22+,23+,24?/m1/s1. The van der Waals surface area contributed by atoms with Gasteiger partial charge in [-0.2, -0.15) is 0 Å². The van der Waals surface area contributed by atoms with E-state index in [0.717, 1.165) is 43.6 Å². The SMILES string of the molecule is CN(C(=O)c1cccs1)C(Cc1ccccc1)C1CCN(C(=O)[C@H]2C[C@@H]3C=C[C@H]2C3)CC1. The maximum atomic E-state index is 13.2. The zero-order chi connectivity index (χ0) is 22.1. The average Bonchev–Trinajstić information content (AvgIpc) is 3.61. The number of fused-ring (bicyclic) bond motifs is 2. The number of likely N-dealkylation sites (N-methyl/N-ethyl adjacent to an activating group) is 1. The molecule has 4 atom stereocenters. The van der Waals surface area contributed by atoms with Crippen LogP contribution in [0.15, 0.2) is 60.0 Å². The number of nitrogens with zero attached hydrogens (tertiary/aromatic N) is 2. The highest BCUT2D eigenvalue weighted by Crippen LogP contribution is 2.44. The van der Waals surface area contributed by atoms with Gasteiger partial charge in [0, 0.05) is 32.1 Å². The Bertz CT molecular complexity index is 963. The molecular formula is C27H32N2O2S. The molecule has 168 valence electrons. The Morgan fingerprint density at radius 1 is 1.06 bits per heavy atom. The van der Waals surface area contributed by atoms with Crippen LogP contribution < -0.4 is 0 Å². The topological polar surface area (TPSA) is 40.6 Å². The first-order chi connectivity index (χ1) is 15.6. The van der Waals surface area contributed by atoms with E-state index in [1.165, 1.54) is 23.3 Å². The molecule has 1 aromatic heterocycles. The molecule has 3 aliphatic rings.